The van der Waals surface area contributed by atoms with Gasteiger partial charge in [-0.25, -0.2) is 4.79 Å². The van der Waals surface area contributed by atoms with Crippen LogP contribution >= 0.6 is 0 Å². The molecule has 0 unspecified atom stereocenters. The smallest absolute Gasteiger partial charge is 0.407 e. The summed E-state index contributed by atoms with van der Waals surface area (Å²) in [6.45, 7) is 2.57. The van der Waals surface area contributed by atoms with Gasteiger partial charge in [0.1, 0.15) is 12.4 Å². The van der Waals surface area contributed by atoms with Gasteiger partial charge in [-0.05, 0) is 25.0 Å². The molecule has 6 heteroatoms. The standard InChI is InChI=1S/C20H25NO5/c1-14-18(24-3)16(12-17(23-2)19(14)25-4)10-11-21-20(22)26-13-15-8-6-5-7-9-15/h5-9,12H,10-11,13H2,1-4H3,(H,21,22). The summed E-state index contributed by atoms with van der Waals surface area (Å²) in [6.07, 6.45) is 0.121. The van der Waals surface area contributed by atoms with Gasteiger partial charge in [0, 0.05) is 17.7 Å². The first-order chi connectivity index (χ1) is 12.6. The maximum absolute atomic E-state index is 11.8. The summed E-state index contributed by atoms with van der Waals surface area (Å²) in [5.74, 6) is 2.00. The molecular formula is C20H25NO5. The minimum absolute atomic E-state index is 0.242. The lowest BCUT2D eigenvalue weighted by Crippen LogP contribution is -2.26. The Morgan fingerprint density at radius 1 is 1.00 bits per heavy atom. The van der Waals surface area contributed by atoms with Crippen molar-refractivity contribution in [2.24, 2.45) is 0 Å². The third-order valence-corrected chi connectivity index (χ3v) is 4.01. The Bertz CT molecular complexity index is 731. The van der Waals surface area contributed by atoms with Crippen LogP contribution < -0.4 is 19.5 Å². The van der Waals surface area contributed by atoms with Crippen molar-refractivity contribution in [3.63, 3.8) is 0 Å². The van der Waals surface area contributed by atoms with Crippen LogP contribution in [0.3, 0.4) is 0 Å². The van der Waals surface area contributed by atoms with Crippen LogP contribution in [0.2, 0.25) is 0 Å². The summed E-state index contributed by atoms with van der Waals surface area (Å²) in [7, 11) is 4.79. The highest BCUT2D eigenvalue weighted by molar-refractivity contribution is 5.67. The fourth-order valence-electron chi connectivity index (χ4n) is 2.77. The molecule has 0 bridgehead atoms. The van der Waals surface area contributed by atoms with Crippen molar-refractivity contribution >= 4 is 6.09 Å². The molecule has 0 aliphatic heterocycles. The molecule has 26 heavy (non-hydrogen) atoms. The van der Waals surface area contributed by atoms with Gasteiger partial charge in [0.15, 0.2) is 11.5 Å². The Morgan fingerprint density at radius 2 is 1.69 bits per heavy atom. The summed E-state index contributed by atoms with van der Waals surface area (Å²) in [5.41, 5.74) is 2.72. The largest absolute Gasteiger partial charge is 0.496 e. The Morgan fingerprint density at radius 3 is 2.31 bits per heavy atom. The van der Waals surface area contributed by atoms with Gasteiger partial charge < -0.3 is 24.3 Å². The normalized spacial score (nSPS) is 10.2. The number of rotatable bonds is 8. The maximum Gasteiger partial charge on any atom is 0.407 e. The second kappa shape index (κ2) is 9.56. The average Bonchev–Trinajstić information content (AvgIpc) is 2.67. The SMILES string of the molecule is COc1cc(CCNC(=O)OCc2ccccc2)c(OC)c(C)c1OC. The second-order valence-electron chi connectivity index (χ2n) is 5.67. The van der Waals surface area contributed by atoms with Crippen molar-refractivity contribution in [1.29, 1.82) is 0 Å². The van der Waals surface area contributed by atoms with Crippen LogP contribution in [-0.2, 0) is 17.8 Å². The zero-order valence-corrected chi connectivity index (χ0v) is 15.6. The topological polar surface area (TPSA) is 66.0 Å². The van der Waals surface area contributed by atoms with E-state index >= 15 is 0 Å². The molecule has 1 N–H and O–H groups in total. The molecule has 0 fully saturated rings. The zero-order chi connectivity index (χ0) is 18.9. The maximum atomic E-state index is 11.8. The molecule has 2 rings (SSSR count). The number of ether oxygens (including phenoxy) is 4. The predicted octanol–water partition coefficient (Wildman–Crippen LogP) is 3.49. The minimum atomic E-state index is -0.454. The molecule has 2 aromatic rings. The zero-order valence-electron chi connectivity index (χ0n) is 15.6. The third-order valence-electron chi connectivity index (χ3n) is 4.01. The second-order valence-corrected chi connectivity index (χ2v) is 5.67. The molecule has 0 spiro atoms. The summed E-state index contributed by atoms with van der Waals surface area (Å²) < 4.78 is 21.5. The van der Waals surface area contributed by atoms with E-state index in [1.54, 1.807) is 21.3 Å². The van der Waals surface area contributed by atoms with E-state index in [0.717, 1.165) is 22.4 Å². The van der Waals surface area contributed by atoms with E-state index in [1.807, 2.05) is 43.3 Å². The molecule has 0 saturated carbocycles. The van der Waals surface area contributed by atoms with Gasteiger partial charge in [0.05, 0.1) is 21.3 Å². The van der Waals surface area contributed by atoms with Crippen molar-refractivity contribution < 1.29 is 23.7 Å². The number of benzene rings is 2. The van der Waals surface area contributed by atoms with E-state index in [1.165, 1.54) is 0 Å². The molecule has 0 saturated heterocycles. The fraction of sp³-hybridized carbons (Fsp3) is 0.350. The first-order valence-electron chi connectivity index (χ1n) is 8.33. The summed E-state index contributed by atoms with van der Waals surface area (Å²) in [6, 6.07) is 11.4. The van der Waals surface area contributed by atoms with Gasteiger partial charge in [-0.1, -0.05) is 30.3 Å². The number of carbonyl (C=O) groups excluding carboxylic acids is 1. The number of hydrogen-bond acceptors (Lipinski definition) is 5. The lowest BCUT2D eigenvalue weighted by molar-refractivity contribution is 0.140. The highest BCUT2D eigenvalue weighted by Crippen LogP contribution is 2.39. The van der Waals surface area contributed by atoms with Crippen LogP contribution in [0.25, 0.3) is 0 Å². The molecule has 6 nitrogen and oxygen atoms in total. The van der Waals surface area contributed by atoms with Gasteiger partial charge >= 0.3 is 6.09 Å². The van der Waals surface area contributed by atoms with Gasteiger partial charge in [-0.3, -0.25) is 0 Å². The number of methoxy groups -OCH3 is 3. The van der Waals surface area contributed by atoms with E-state index in [2.05, 4.69) is 5.32 Å². The summed E-state index contributed by atoms with van der Waals surface area (Å²) in [4.78, 5) is 11.8. The van der Waals surface area contributed by atoms with Crippen LogP contribution in [0.5, 0.6) is 17.2 Å². The molecule has 0 heterocycles. The molecule has 0 aliphatic carbocycles. The van der Waals surface area contributed by atoms with Crippen LogP contribution in [0, 0.1) is 6.92 Å². The van der Waals surface area contributed by atoms with Gasteiger partial charge in [-0.2, -0.15) is 0 Å². The number of nitrogens with one attached hydrogen (secondary N) is 1. The highest BCUT2D eigenvalue weighted by Gasteiger charge is 2.17. The van der Waals surface area contributed by atoms with Gasteiger partial charge in [0.25, 0.3) is 0 Å². The predicted molar refractivity (Wildman–Crippen MR) is 99.2 cm³/mol. The van der Waals surface area contributed by atoms with Crippen molar-refractivity contribution in [2.45, 2.75) is 20.0 Å². The monoisotopic (exact) mass is 359 g/mol. The fourth-order valence-corrected chi connectivity index (χ4v) is 2.77. The highest BCUT2D eigenvalue weighted by atomic mass is 16.5. The molecule has 0 aromatic heterocycles. The number of alkyl carbamates (subject to hydrolysis) is 1. The van der Waals surface area contributed by atoms with Gasteiger partial charge in [-0.15, -0.1) is 0 Å². The van der Waals surface area contributed by atoms with E-state index < -0.39 is 6.09 Å². The molecular weight excluding hydrogens is 334 g/mol. The first kappa shape index (κ1) is 19.4. The van der Waals surface area contributed by atoms with E-state index in [4.69, 9.17) is 18.9 Å². The molecule has 140 valence electrons. The van der Waals surface area contributed by atoms with Crippen LogP contribution in [0.15, 0.2) is 36.4 Å². The minimum Gasteiger partial charge on any atom is -0.496 e. The first-order valence-corrected chi connectivity index (χ1v) is 8.33. The molecule has 2 aromatic carbocycles. The van der Waals surface area contributed by atoms with Crippen molar-refractivity contribution in [2.75, 3.05) is 27.9 Å². The van der Waals surface area contributed by atoms with Crippen molar-refractivity contribution in [3.8, 4) is 17.2 Å². The van der Waals surface area contributed by atoms with Crippen molar-refractivity contribution in [3.05, 3.63) is 53.1 Å². The Kier molecular flexibility index (Phi) is 7.14. The lowest BCUT2D eigenvalue weighted by Gasteiger charge is -2.18. The summed E-state index contributed by atoms with van der Waals surface area (Å²) >= 11 is 0. The Labute approximate surface area is 154 Å². The quantitative estimate of drug-likeness (QED) is 0.781. The van der Waals surface area contributed by atoms with Crippen LogP contribution in [0.4, 0.5) is 4.79 Å². The number of carbonyl (C=O) groups is 1. The lowest BCUT2D eigenvalue weighted by atomic mass is 10.0. The van der Waals surface area contributed by atoms with E-state index in [0.29, 0.717) is 24.5 Å². The molecule has 1 amide bonds. The van der Waals surface area contributed by atoms with Crippen molar-refractivity contribution in [1.82, 2.24) is 5.32 Å². The molecule has 0 radical (unpaired) electrons. The Hall–Kier alpha value is -2.89. The molecule has 0 atom stereocenters. The number of amides is 1. The number of hydrogen-bond donors (Lipinski definition) is 1. The third kappa shape index (κ3) is 4.81. The molecule has 0 aliphatic rings. The van der Waals surface area contributed by atoms with Crippen LogP contribution in [0.1, 0.15) is 16.7 Å². The van der Waals surface area contributed by atoms with Gasteiger partial charge in [0.2, 0.25) is 0 Å². The van der Waals surface area contributed by atoms with E-state index in [-0.39, 0.29) is 6.61 Å². The average molecular weight is 359 g/mol. The van der Waals surface area contributed by atoms with E-state index in [9.17, 15) is 4.79 Å². The Balaban J connectivity index is 1.94. The van der Waals surface area contributed by atoms with Crippen LogP contribution in [-0.4, -0.2) is 34.0 Å². The summed E-state index contributed by atoms with van der Waals surface area (Å²) in [5, 5.41) is 2.75.